The van der Waals surface area contributed by atoms with Crippen LogP contribution in [0.1, 0.15) is 48.4 Å². The fourth-order valence-corrected chi connectivity index (χ4v) is 3.23. The molecule has 3 N–H and O–H groups in total. The van der Waals surface area contributed by atoms with Crippen LogP contribution in [-0.2, 0) is 13.0 Å². The Bertz CT molecular complexity index is 508. The minimum Gasteiger partial charge on any atom is -0.348 e. The number of amides is 1. The van der Waals surface area contributed by atoms with E-state index in [4.69, 9.17) is 0 Å². The number of fused-ring (bicyclic) bond motifs is 1. The van der Waals surface area contributed by atoms with Gasteiger partial charge in [-0.25, -0.2) is 0 Å². The van der Waals surface area contributed by atoms with Crippen molar-refractivity contribution >= 4 is 18.3 Å². The van der Waals surface area contributed by atoms with E-state index in [2.05, 4.69) is 39.6 Å². The molecule has 1 amide bonds. The third-order valence-corrected chi connectivity index (χ3v) is 4.62. The summed E-state index contributed by atoms with van der Waals surface area (Å²) in [4.78, 5) is 14.9. The standard InChI is InChI=1S/C15H25N5O.ClH/c1-10(2)20-7-4-11(5-8-20)17-15(21)14-12-9-16-6-3-13(12)18-19-14;/h10-11,16H,3-9H2,1-2H3,(H,17,21)(H,18,19);1H. The highest BCUT2D eigenvalue weighted by Crippen LogP contribution is 2.17. The van der Waals surface area contributed by atoms with Crippen LogP contribution in [0.15, 0.2) is 0 Å². The van der Waals surface area contributed by atoms with Crippen molar-refractivity contribution in [2.24, 2.45) is 0 Å². The van der Waals surface area contributed by atoms with Gasteiger partial charge in [0.05, 0.1) is 0 Å². The molecule has 7 heteroatoms. The van der Waals surface area contributed by atoms with Crippen LogP contribution < -0.4 is 10.6 Å². The molecular formula is C15H26ClN5O. The Morgan fingerprint density at radius 3 is 2.77 bits per heavy atom. The van der Waals surface area contributed by atoms with Gasteiger partial charge in [-0.15, -0.1) is 12.4 Å². The Hall–Kier alpha value is -1.11. The van der Waals surface area contributed by atoms with Gasteiger partial charge < -0.3 is 15.5 Å². The molecule has 0 aromatic carbocycles. The van der Waals surface area contributed by atoms with Crippen molar-refractivity contribution in [1.82, 2.24) is 25.7 Å². The van der Waals surface area contributed by atoms with Crippen LogP contribution in [0.5, 0.6) is 0 Å². The number of carbonyl (C=O) groups excluding carboxylic acids is 1. The van der Waals surface area contributed by atoms with E-state index in [1.807, 2.05) is 0 Å². The van der Waals surface area contributed by atoms with Crippen molar-refractivity contribution in [2.75, 3.05) is 19.6 Å². The third kappa shape index (κ3) is 3.62. The van der Waals surface area contributed by atoms with Gasteiger partial charge in [0.25, 0.3) is 5.91 Å². The Morgan fingerprint density at radius 2 is 2.09 bits per heavy atom. The minimum absolute atomic E-state index is 0. The largest absolute Gasteiger partial charge is 0.348 e. The number of nitrogens with zero attached hydrogens (tertiary/aromatic N) is 2. The van der Waals surface area contributed by atoms with Crippen molar-refractivity contribution in [3.05, 3.63) is 17.0 Å². The van der Waals surface area contributed by atoms with Gasteiger partial charge in [0.2, 0.25) is 0 Å². The first-order chi connectivity index (χ1) is 10.1. The lowest BCUT2D eigenvalue weighted by molar-refractivity contribution is 0.0894. The molecule has 22 heavy (non-hydrogen) atoms. The summed E-state index contributed by atoms with van der Waals surface area (Å²) in [7, 11) is 0. The molecule has 0 unspecified atom stereocenters. The first kappa shape index (κ1) is 17.2. The number of likely N-dealkylation sites (tertiary alicyclic amines) is 1. The Morgan fingerprint density at radius 1 is 1.36 bits per heavy atom. The second-order valence-electron chi connectivity index (χ2n) is 6.33. The van der Waals surface area contributed by atoms with Gasteiger partial charge in [0, 0.05) is 55.9 Å². The van der Waals surface area contributed by atoms with E-state index < -0.39 is 0 Å². The molecule has 0 atom stereocenters. The molecule has 3 heterocycles. The maximum Gasteiger partial charge on any atom is 0.272 e. The highest BCUT2D eigenvalue weighted by atomic mass is 35.5. The number of hydrogen-bond acceptors (Lipinski definition) is 4. The summed E-state index contributed by atoms with van der Waals surface area (Å²) in [5.41, 5.74) is 2.72. The molecule has 6 nitrogen and oxygen atoms in total. The molecule has 1 aromatic heterocycles. The van der Waals surface area contributed by atoms with Gasteiger partial charge in [-0.1, -0.05) is 0 Å². The summed E-state index contributed by atoms with van der Waals surface area (Å²) in [6.07, 6.45) is 2.96. The van der Waals surface area contributed by atoms with E-state index in [0.717, 1.165) is 56.7 Å². The number of nitrogens with one attached hydrogen (secondary N) is 3. The van der Waals surface area contributed by atoms with E-state index in [-0.39, 0.29) is 24.4 Å². The maximum atomic E-state index is 12.4. The SMILES string of the molecule is CC(C)N1CCC(NC(=O)c2n[nH]c3c2CNCC3)CC1.Cl. The molecule has 2 aliphatic heterocycles. The lowest BCUT2D eigenvalue weighted by Crippen LogP contribution is -2.46. The molecule has 0 radical (unpaired) electrons. The van der Waals surface area contributed by atoms with E-state index in [1.165, 1.54) is 0 Å². The topological polar surface area (TPSA) is 73.0 Å². The summed E-state index contributed by atoms with van der Waals surface area (Å²) >= 11 is 0. The average Bonchev–Trinajstić information content (AvgIpc) is 2.92. The minimum atomic E-state index is -0.0285. The van der Waals surface area contributed by atoms with Crippen molar-refractivity contribution in [1.29, 1.82) is 0 Å². The normalized spacial score (nSPS) is 19.6. The summed E-state index contributed by atoms with van der Waals surface area (Å²) in [6, 6.07) is 0.863. The molecule has 0 bridgehead atoms. The number of aromatic amines is 1. The third-order valence-electron chi connectivity index (χ3n) is 4.62. The molecule has 1 fully saturated rings. The summed E-state index contributed by atoms with van der Waals surface area (Å²) in [5.74, 6) is -0.0285. The number of piperidine rings is 1. The monoisotopic (exact) mass is 327 g/mol. The van der Waals surface area contributed by atoms with Crippen LogP contribution in [0, 0.1) is 0 Å². The van der Waals surface area contributed by atoms with E-state index in [9.17, 15) is 4.79 Å². The fourth-order valence-electron chi connectivity index (χ4n) is 3.23. The van der Waals surface area contributed by atoms with Gasteiger partial charge in [-0.2, -0.15) is 5.10 Å². The van der Waals surface area contributed by atoms with E-state index >= 15 is 0 Å². The summed E-state index contributed by atoms with van der Waals surface area (Å²) in [6.45, 7) is 8.25. The van der Waals surface area contributed by atoms with Crippen LogP contribution in [0.25, 0.3) is 0 Å². The van der Waals surface area contributed by atoms with Crippen LogP contribution in [-0.4, -0.2) is 52.7 Å². The molecule has 3 rings (SSSR count). The zero-order valence-electron chi connectivity index (χ0n) is 13.3. The first-order valence-corrected chi connectivity index (χ1v) is 7.97. The highest BCUT2D eigenvalue weighted by Gasteiger charge is 2.26. The molecule has 1 saturated heterocycles. The molecule has 0 saturated carbocycles. The Kier molecular flexibility index (Phi) is 5.83. The molecule has 0 spiro atoms. The summed E-state index contributed by atoms with van der Waals surface area (Å²) < 4.78 is 0. The molecular weight excluding hydrogens is 302 g/mol. The Labute approximate surface area is 137 Å². The van der Waals surface area contributed by atoms with Crippen molar-refractivity contribution < 1.29 is 4.79 Å². The zero-order chi connectivity index (χ0) is 14.8. The quantitative estimate of drug-likeness (QED) is 0.777. The predicted octanol–water partition coefficient (Wildman–Crippen LogP) is 1.08. The van der Waals surface area contributed by atoms with Gasteiger partial charge in [0.15, 0.2) is 5.69 Å². The molecule has 124 valence electrons. The first-order valence-electron chi connectivity index (χ1n) is 7.97. The number of halogens is 1. The number of hydrogen-bond donors (Lipinski definition) is 3. The number of H-pyrrole nitrogens is 1. The van der Waals surface area contributed by atoms with E-state index in [1.54, 1.807) is 0 Å². The molecule has 1 aromatic rings. The highest BCUT2D eigenvalue weighted by molar-refractivity contribution is 5.94. The van der Waals surface area contributed by atoms with Crippen molar-refractivity contribution in [3.63, 3.8) is 0 Å². The van der Waals surface area contributed by atoms with Crippen molar-refractivity contribution in [2.45, 2.75) is 51.7 Å². The fraction of sp³-hybridized carbons (Fsp3) is 0.733. The van der Waals surface area contributed by atoms with Gasteiger partial charge >= 0.3 is 0 Å². The predicted molar refractivity (Wildman–Crippen MR) is 88.4 cm³/mol. The second-order valence-corrected chi connectivity index (χ2v) is 6.33. The maximum absolute atomic E-state index is 12.4. The molecule has 0 aliphatic carbocycles. The van der Waals surface area contributed by atoms with Gasteiger partial charge in [0.1, 0.15) is 0 Å². The van der Waals surface area contributed by atoms with Gasteiger partial charge in [-0.05, 0) is 26.7 Å². The van der Waals surface area contributed by atoms with E-state index in [0.29, 0.717) is 11.7 Å². The zero-order valence-corrected chi connectivity index (χ0v) is 14.1. The summed E-state index contributed by atoms with van der Waals surface area (Å²) in [5, 5.41) is 13.7. The second kappa shape index (κ2) is 7.44. The number of aromatic nitrogens is 2. The smallest absolute Gasteiger partial charge is 0.272 e. The van der Waals surface area contributed by atoms with Gasteiger partial charge in [-0.3, -0.25) is 9.89 Å². The Balaban J connectivity index is 0.00000176. The number of rotatable bonds is 3. The number of carbonyl (C=O) groups is 1. The lowest BCUT2D eigenvalue weighted by Gasteiger charge is -2.34. The van der Waals surface area contributed by atoms with Crippen LogP contribution in [0.4, 0.5) is 0 Å². The van der Waals surface area contributed by atoms with Crippen LogP contribution >= 0.6 is 12.4 Å². The lowest BCUT2D eigenvalue weighted by atomic mass is 10.0. The van der Waals surface area contributed by atoms with Crippen LogP contribution in [0.3, 0.4) is 0 Å². The van der Waals surface area contributed by atoms with Crippen LogP contribution in [0.2, 0.25) is 0 Å². The van der Waals surface area contributed by atoms with Crippen molar-refractivity contribution in [3.8, 4) is 0 Å². The molecule has 2 aliphatic rings. The average molecular weight is 328 g/mol.